The Balaban J connectivity index is 2.28. The number of carbonyl (C=O) groups is 1. The van der Waals surface area contributed by atoms with Crippen molar-refractivity contribution in [3.05, 3.63) is 12.2 Å². The summed E-state index contributed by atoms with van der Waals surface area (Å²) in [5.74, 6) is -0.152. The molecular weight excluding hydrogens is 682 g/mol. The molecule has 0 saturated carbocycles. The van der Waals surface area contributed by atoms with Crippen molar-refractivity contribution < 1.29 is 39.8 Å². The molecule has 1 fully saturated rings. The lowest BCUT2D eigenvalue weighted by Gasteiger charge is -2.40. The Morgan fingerprint density at radius 3 is 1.50 bits per heavy atom. The van der Waals surface area contributed by atoms with Crippen LogP contribution in [0.2, 0.25) is 0 Å². The van der Waals surface area contributed by atoms with Gasteiger partial charge in [0.1, 0.15) is 24.4 Å². The van der Waals surface area contributed by atoms with Crippen LogP contribution in [0.3, 0.4) is 0 Å². The number of aliphatic hydroxyl groups excluding tert-OH is 5. The molecule has 0 aromatic rings. The van der Waals surface area contributed by atoms with Crippen LogP contribution < -0.4 is 5.32 Å². The van der Waals surface area contributed by atoms with Crippen molar-refractivity contribution in [1.29, 1.82) is 0 Å². The number of amides is 1. The summed E-state index contributed by atoms with van der Waals surface area (Å²) in [5.41, 5.74) is 0. The molecule has 0 spiro atoms. The molecule has 2 unspecified atom stereocenters. The fourth-order valence-electron chi connectivity index (χ4n) is 7.39. The van der Waals surface area contributed by atoms with Crippen molar-refractivity contribution in [2.75, 3.05) is 13.2 Å². The molecule has 1 rings (SSSR count). The molecule has 54 heavy (non-hydrogen) atoms. The monoisotopic (exact) mass is 770 g/mol. The average Bonchev–Trinajstić information content (AvgIpc) is 3.17. The predicted molar refractivity (Wildman–Crippen MR) is 221 cm³/mol. The number of carbonyl (C=O) groups excluding carboxylic acids is 1. The van der Waals surface area contributed by atoms with Crippen molar-refractivity contribution in [3.8, 4) is 0 Å². The van der Waals surface area contributed by atoms with E-state index in [-0.39, 0.29) is 12.5 Å². The Labute approximate surface area is 331 Å². The van der Waals surface area contributed by atoms with Crippen LogP contribution in [0.4, 0.5) is 0 Å². The van der Waals surface area contributed by atoms with Gasteiger partial charge in [-0.05, 0) is 38.5 Å². The summed E-state index contributed by atoms with van der Waals surface area (Å²) in [5, 5.41) is 54.2. The van der Waals surface area contributed by atoms with Gasteiger partial charge in [-0.1, -0.05) is 180 Å². The zero-order valence-electron chi connectivity index (χ0n) is 35.0. The summed E-state index contributed by atoms with van der Waals surface area (Å²) >= 11 is 0. The van der Waals surface area contributed by atoms with Crippen LogP contribution in [-0.2, 0) is 14.3 Å². The standard InChI is InChI=1S/C45H87NO8/c1-3-5-7-9-11-13-15-16-17-18-19-20-21-22-23-25-27-29-31-33-35-41(49)46-38(37-53-45-44(52)43(51)42(50)40(36-47)54-45)39(48)34-32-30-28-26-24-14-12-10-8-6-4-2/h24,26,38-40,42-45,47-48,50-52H,3-23,25,27-37H2,1-2H3,(H,46,49)/b26-24+/t38-,39+,40-,42-,43?,44?,45-/m0/s1. The van der Waals surface area contributed by atoms with Crippen LogP contribution in [0.15, 0.2) is 12.2 Å². The van der Waals surface area contributed by atoms with E-state index < -0.39 is 49.5 Å². The quantitative estimate of drug-likeness (QED) is 0.0269. The highest BCUT2D eigenvalue weighted by molar-refractivity contribution is 5.76. The second-order valence-electron chi connectivity index (χ2n) is 16.2. The number of hydrogen-bond donors (Lipinski definition) is 6. The molecule has 1 saturated heterocycles. The molecule has 9 nitrogen and oxygen atoms in total. The van der Waals surface area contributed by atoms with Crippen LogP contribution >= 0.6 is 0 Å². The van der Waals surface area contributed by atoms with Gasteiger partial charge in [0.15, 0.2) is 6.29 Å². The molecule has 0 aromatic heterocycles. The molecule has 0 bridgehead atoms. The largest absolute Gasteiger partial charge is 0.394 e. The smallest absolute Gasteiger partial charge is 0.220 e. The molecule has 9 heteroatoms. The normalized spacial score (nSPS) is 21.5. The zero-order valence-corrected chi connectivity index (χ0v) is 35.0. The minimum Gasteiger partial charge on any atom is -0.394 e. The van der Waals surface area contributed by atoms with Crippen molar-refractivity contribution >= 4 is 5.91 Å². The highest BCUT2D eigenvalue weighted by Gasteiger charge is 2.44. The van der Waals surface area contributed by atoms with Crippen LogP contribution in [0.5, 0.6) is 0 Å². The Kier molecular flexibility index (Phi) is 34.2. The lowest BCUT2D eigenvalue weighted by Crippen LogP contribution is -2.60. The number of ether oxygens (including phenoxy) is 2. The van der Waals surface area contributed by atoms with E-state index in [0.29, 0.717) is 12.8 Å². The first kappa shape index (κ1) is 50.9. The second-order valence-corrected chi connectivity index (χ2v) is 16.2. The first-order valence-electron chi connectivity index (χ1n) is 22.9. The molecule has 320 valence electrons. The van der Waals surface area contributed by atoms with Crippen LogP contribution in [0.25, 0.3) is 0 Å². The van der Waals surface area contributed by atoms with E-state index in [2.05, 4.69) is 31.3 Å². The van der Waals surface area contributed by atoms with Gasteiger partial charge >= 0.3 is 0 Å². The van der Waals surface area contributed by atoms with E-state index in [1.807, 2.05) is 0 Å². The van der Waals surface area contributed by atoms with Gasteiger partial charge in [0.25, 0.3) is 0 Å². The molecule has 0 aliphatic carbocycles. The van der Waals surface area contributed by atoms with Gasteiger partial charge < -0.3 is 40.3 Å². The minimum absolute atomic E-state index is 0.146. The van der Waals surface area contributed by atoms with Crippen LogP contribution in [0.1, 0.15) is 213 Å². The van der Waals surface area contributed by atoms with E-state index >= 15 is 0 Å². The molecular formula is C45H87NO8. The maximum absolute atomic E-state index is 12.9. The molecule has 1 amide bonds. The molecule has 1 heterocycles. The van der Waals surface area contributed by atoms with E-state index in [9.17, 15) is 30.3 Å². The lowest BCUT2D eigenvalue weighted by atomic mass is 9.99. The summed E-state index contributed by atoms with van der Waals surface area (Å²) in [4.78, 5) is 12.9. The Morgan fingerprint density at radius 1 is 0.611 bits per heavy atom. The molecule has 1 aliphatic heterocycles. The first-order valence-corrected chi connectivity index (χ1v) is 22.9. The van der Waals surface area contributed by atoms with E-state index in [1.54, 1.807) is 0 Å². The Hall–Kier alpha value is -1.07. The minimum atomic E-state index is -1.55. The van der Waals surface area contributed by atoms with Gasteiger partial charge in [-0.3, -0.25) is 4.79 Å². The van der Waals surface area contributed by atoms with Crippen LogP contribution in [0, 0.1) is 0 Å². The Morgan fingerprint density at radius 2 is 1.04 bits per heavy atom. The van der Waals surface area contributed by atoms with Crippen molar-refractivity contribution in [3.63, 3.8) is 0 Å². The van der Waals surface area contributed by atoms with Gasteiger partial charge in [0, 0.05) is 6.42 Å². The van der Waals surface area contributed by atoms with E-state index in [0.717, 1.165) is 44.9 Å². The van der Waals surface area contributed by atoms with Gasteiger partial charge in [0.05, 0.1) is 25.4 Å². The van der Waals surface area contributed by atoms with E-state index in [1.165, 1.54) is 141 Å². The topological polar surface area (TPSA) is 149 Å². The van der Waals surface area contributed by atoms with Crippen molar-refractivity contribution in [2.45, 2.75) is 256 Å². The predicted octanol–water partition coefficient (Wildman–Crippen LogP) is 9.34. The van der Waals surface area contributed by atoms with Gasteiger partial charge in [0.2, 0.25) is 5.91 Å². The third-order valence-electron chi connectivity index (χ3n) is 11.1. The van der Waals surface area contributed by atoms with Crippen molar-refractivity contribution in [1.82, 2.24) is 5.32 Å². The van der Waals surface area contributed by atoms with Gasteiger partial charge in [-0.15, -0.1) is 0 Å². The number of hydrogen-bond acceptors (Lipinski definition) is 8. The molecule has 6 N–H and O–H groups in total. The summed E-state index contributed by atoms with van der Waals surface area (Å²) in [7, 11) is 0. The highest BCUT2D eigenvalue weighted by Crippen LogP contribution is 2.23. The average molecular weight is 770 g/mol. The van der Waals surface area contributed by atoms with Gasteiger partial charge in [-0.2, -0.15) is 0 Å². The number of aliphatic hydroxyl groups is 5. The highest BCUT2D eigenvalue weighted by atomic mass is 16.7. The first-order chi connectivity index (χ1) is 26.3. The second kappa shape index (κ2) is 36.3. The zero-order chi connectivity index (χ0) is 39.5. The maximum atomic E-state index is 12.9. The lowest BCUT2D eigenvalue weighted by molar-refractivity contribution is -0.302. The third-order valence-corrected chi connectivity index (χ3v) is 11.1. The number of unbranched alkanes of at least 4 members (excludes halogenated alkanes) is 26. The maximum Gasteiger partial charge on any atom is 0.220 e. The molecule has 1 aliphatic rings. The summed E-state index contributed by atoms with van der Waals surface area (Å²) < 4.78 is 11.2. The number of allylic oxidation sites excluding steroid dienone is 2. The molecule has 0 aromatic carbocycles. The summed E-state index contributed by atoms with van der Waals surface area (Å²) in [6, 6.07) is -0.728. The number of rotatable bonds is 38. The van der Waals surface area contributed by atoms with Crippen LogP contribution in [-0.4, -0.2) is 87.5 Å². The Bertz CT molecular complexity index is 858. The number of nitrogens with one attached hydrogen (secondary N) is 1. The van der Waals surface area contributed by atoms with Crippen molar-refractivity contribution in [2.24, 2.45) is 0 Å². The van der Waals surface area contributed by atoms with Gasteiger partial charge in [-0.25, -0.2) is 0 Å². The summed E-state index contributed by atoms with van der Waals surface area (Å²) in [6.07, 6.45) is 33.7. The van der Waals surface area contributed by atoms with E-state index in [4.69, 9.17) is 9.47 Å². The third kappa shape index (κ3) is 26.7. The summed E-state index contributed by atoms with van der Waals surface area (Å²) in [6.45, 7) is 3.80. The molecule has 0 radical (unpaired) electrons. The fraction of sp³-hybridized carbons (Fsp3) is 0.933. The fourth-order valence-corrected chi connectivity index (χ4v) is 7.39. The SMILES string of the molecule is CCCCCCC/C=C/CCCC[C@@H](O)[C@H](CO[C@H]1O[C@@H](CO)[C@H](O)C(O)C1O)NC(=O)CCCCCCCCCCCCCCCCCCCCCC. The molecule has 7 atom stereocenters.